The summed E-state index contributed by atoms with van der Waals surface area (Å²) < 4.78 is 29.2. The summed E-state index contributed by atoms with van der Waals surface area (Å²) in [6.07, 6.45) is 0.870. The van der Waals surface area contributed by atoms with E-state index in [1.807, 2.05) is 18.2 Å². The molecular formula is C18H18ClNO4S. The van der Waals surface area contributed by atoms with E-state index in [0.29, 0.717) is 30.3 Å². The van der Waals surface area contributed by atoms with Gasteiger partial charge in [-0.15, -0.1) is 0 Å². The fourth-order valence-electron chi connectivity index (χ4n) is 2.78. The minimum Gasteiger partial charge on any atom is -0.370 e. The molecule has 25 heavy (non-hydrogen) atoms. The first-order chi connectivity index (χ1) is 11.8. The van der Waals surface area contributed by atoms with Gasteiger partial charge in [-0.05, 0) is 35.9 Å². The SMILES string of the molecule is CS(=O)(=O)c1cccc(C(=O)N2CCOC(c3cccc(Cl)c3)C2)c1. The largest absolute Gasteiger partial charge is 0.370 e. The third-order valence-electron chi connectivity index (χ3n) is 4.08. The van der Waals surface area contributed by atoms with Crippen LogP contribution >= 0.6 is 11.6 Å². The van der Waals surface area contributed by atoms with Gasteiger partial charge in [-0.1, -0.05) is 29.8 Å². The zero-order chi connectivity index (χ0) is 18.0. The number of carbonyl (C=O) groups is 1. The summed E-state index contributed by atoms with van der Waals surface area (Å²) in [4.78, 5) is 14.6. The van der Waals surface area contributed by atoms with Gasteiger partial charge >= 0.3 is 0 Å². The van der Waals surface area contributed by atoms with Crippen molar-refractivity contribution < 1.29 is 17.9 Å². The molecule has 0 radical (unpaired) electrons. The smallest absolute Gasteiger partial charge is 0.254 e. The van der Waals surface area contributed by atoms with E-state index in [0.717, 1.165) is 11.8 Å². The zero-order valence-electron chi connectivity index (χ0n) is 13.7. The molecule has 1 amide bonds. The summed E-state index contributed by atoms with van der Waals surface area (Å²) in [5.41, 5.74) is 1.27. The first kappa shape index (κ1) is 17.9. The van der Waals surface area contributed by atoms with Crippen molar-refractivity contribution in [1.29, 1.82) is 0 Å². The Morgan fingerprint density at radius 1 is 1.20 bits per heavy atom. The second-order valence-corrected chi connectivity index (χ2v) is 8.42. The highest BCUT2D eigenvalue weighted by molar-refractivity contribution is 7.90. The second-order valence-electron chi connectivity index (χ2n) is 5.97. The first-order valence-corrected chi connectivity index (χ1v) is 10.1. The number of ether oxygens (including phenoxy) is 1. The Hall–Kier alpha value is -1.89. The van der Waals surface area contributed by atoms with Crippen LogP contribution in [0.5, 0.6) is 0 Å². The maximum Gasteiger partial charge on any atom is 0.254 e. The maximum absolute atomic E-state index is 12.8. The van der Waals surface area contributed by atoms with Crippen LogP contribution in [0.25, 0.3) is 0 Å². The van der Waals surface area contributed by atoms with Crippen LogP contribution in [-0.2, 0) is 14.6 Å². The normalized spacial score (nSPS) is 18.2. The van der Waals surface area contributed by atoms with E-state index in [1.165, 1.54) is 12.1 Å². The first-order valence-electron chi connectivity index (χ1n) is 7.81. The Morgan fingerprint density at radius 3 is 2.68 bits per heavy atom. The number of morpholine rings is 1. The number of sulfone groups is 1. The molecule has 132 valence electrons. The molecule has 1 fully saturated rings. The van der Waals surface area contributed by atoms with E-state index in [1.54, 1.807) is 23.1 Å². The van der Waals surface area contributed by atoms with Gasteiger partial charge in [0.1, 0.15) is 6.10 Å². The molecule has 2 aromatic rings. The Balaban J connectivity index is 1.81. The minimum absolute atomic E-state index is 0.137. The third kappa shape index (κ3) is 4.21. The molecule has 0 N–H and O–H groups in total. The molecule has 1 aliphatic rings. The molecule has 1 atom stereocenters. The molecule has 0 aromatic heterocycles. The van der Waals surface area contributed by atoms with Crippen LogP contribution in [0, 0.1) is 0 Å². The summed E-state index contributed by atoms with van der Waals surface area (Å²) >= 11 is 6.03. The van der Waals surface area contributed by atoms with Crippen molar-refractivity contribution in [3.63, 3.8) is 0 Å². The van der Waals surface area contributed by atoms with Crippen molar-refractivity contribution >= 4 is 27.3 Å². The molecule has 1 aliphatic heterocycles. The monoisotopic (exact) mass is 379 g/mol. The van der Waals surface area contributed by atoms with Crippen LogP contribution in [0.15, 0.2) is 53.4 Å². The van der Waals surface area contributed by atoms with E-state index in [4.69, 9.17) is 16.3 Å². The van der Waals surface area contributed by atoms with Crippen molar-refractivity contribution in [2.24, 2.45) is 0 Å². The van der Waals surface area contributed by atoms with E-state index in [9.17, 15) is 13.2 Å². The number of amides is 1. The lowest BCUT2D eigenvalue weighted by atomic mass is 10.1. The molecule has 1 heterocycles. The van der Waals surface area contributed by atoms with E-state index >= 15 is 0 Å². The van der Waals surface area contributed by atoms with Crippen molar-refractivity contribution in [3.05, 3.63) is 64.7 Å². The average Bonchev–Trinajstić information content (AvgIpc) is 2.60. The molecule has 0 bridgehead atoms. The Kier molecular flexibility index (Phi) is 5.13. The number of rotatable bonds is 3. The number of halogens is 1. The molecule has 5 nitrogen and oxygen atoms in total. The molecule has 0 saturated carbocycles. The fraction of sp³-hybridized carbons (Fsp3) is 0.278. The van der Waals surface area contributed by atoms with Crippen molar-refractivity contribution in [2.75, 3.05) is 26.0 Å². The number of hydrogen-bond acceptors (Lipinski definition) is 4. The van der Waals surface area contributed by atoms with Gasteiger partial charge in [0.25, 0.3) is 5.91 Å². The lowest BCUT2D eigenvalue weighted by Crippen LogP contribution is -2.42. The van der Waals surface area contributed by atoms with Crippen LogP contribution in [0.4, 0.5) is 0 Å². The summed E-state index contributed by atoms with van der Waals surface area (Å²) in [7, 11) is -3.36. The molecule has 1 unspecified atom stereocenters. The Labute approximate surface area is 152 Å². The molecule has 0 spiro atoms. The van der Waals surface area contributed by atoms with E-state index in [2.05, 4.69) is 0 Å². The molecule has 3 rings (SSSR count). The van der Waals surface area contributed by atoms with Crippen molar-refractivity contribution in [3.8, 4) is 0 Å². The Bertz CT molecular complexity index is 897. The lowest BCUT2D eigenvalue weighted by molar-refractivity contribution is -0.0228. The van der Waals surface area contributed by atoms with Crippen LogP contribution in [0.1, 0.15) is 22.0 Å². The third-order valence-corrected chi connectivity index (χ3v) is 5.43. The van der Waals surface area contributed by atoms with Gasteiger partial charge < -0.3 is 9.64 Å². The Morgan fingerprint density at radius 2 is 1.96 bits per heavy atom. The summed E-state index contributed by atoms with van der Waals surface area (Å²) in [5, 5.41) is 0.616. The highest BCUT2D eigenvalue weighted by Crippen LogP contribution is 2.25. The zero-order valence-corrected chi connectivity index (χ0v) is 15.3. The van der Waals surface area contributed by atoms with Crippen LogP contribution < -0.4 is 0 Å². The van der Waals surface area contributed by atoms with Gasteiger partial charge in [0.05, 0.1) is 18.0 Å². The summed E-state index contributed by atoms with van der Waals surface area (Å²) in [6, 6.07) is 13.5. The fourth-order valence-corrected chi connectivity index (χ4v) is 3.65. The standard InChI is InChI=1S/C18H18ClNO4S/c1-25(22,23)16-7-3-5-14(11-16)18(21)20-8-9-24-17(12-20)13-4-2-6-15(19)10-13/h2-7,10-11,17H,8-9,12H2,1H3. The second kappa shape index (κ2) is 7.15. The highest BCUT2D eigenvalue weighted by atomic mass is 35.5. The van der Waals surface area contributed by atoms with Crippen LogP contribution in [-0.4, -0.2) is 45.2 Å². The van der Waals surface area contributed by atoms with Gasteiger partial charge in [0.15, 0.2) is 9.84 Å². The topological polar surface area (TPSA) is 63.7 Å². The predicted molar refractivity (Wildman–Crippen MR) is 95.6 cm³/mol. The summed E-state index contributed by atoms with van der Waals surface area (Å²) in [6.45, 7) is 1.26. The van der Waals surface area contributed by atoms with Gasteiger partial charge in [-0.3, -0.25) is 4.79 Å². The number of carbonyl (C=O) groups excluding carboxylic acids is 1. The number of nitrogens with zero attached hydrogens (tertiary/aromatic N) is 1. The molecule has 1 saturated heterocycles. The quantitative estimate of drug-likeness (QED) is 0.822. The molecule has 2 aromatic carbocycles. The van der Waals surface area contributed by atoms with E-state index in [-0.39, 0.29) is 16.9 Å². The lowest BCUT2D eigenvalue weighted by Gasteiger charge is -2.33. The maximum atomic E-state index is 12.8. The number of hydrogen-bond donors (Lipinski definition) is 0. The van der Waals surface area contributed by atoms with Crippen molar-refractivity contribution in [2.45, 2.75) is 11.0 Å². The van der Waals surface area contributed by atoms with Gasteiger partial charge in [0.2, 0.25) is 0 Å². The molecule has 7 heteroatoms. The van der Waals surface area contributed by atoms with E-state index < -0.39 is 9.84 Å². The van der Waals surface area contributed by atoms with Crippen LogP contribution in [0.2, 0.25) is 5.02 Å². The number of benzene rings is 2. The van der Waals surface area contributed by atoms with Gasteiger partial charge in [-0.25, -0.2) is 8.42 Å². The van der Waals surface area contributed by atoms with Crippen LogP contribution in [0.3, 0.4) is 0 Å². The molecular weight excluding hydrogens is 362 g/mol. The van der Waals surface area contributed by atoms with Gasteiger partial charge in [-0.2, -0.15) is 0 Å². The van der Waals surface area contributed by atoms with Crippen molar-refractivity contribution in [1.82, 2.24) is 4.90 Å². The van der Waals surface area contributed by atoms with Gasteiger partial charge in [0, 0.05) is 23.4 Å². The molecule has 0 aliphatic carbocycles. The average molecular weight is 380 g/mol. The highest BCUT2D eigenvalue weighted by Gasteiger charge is 2.26. The summed E-state index contributed by atoms with van der Waals surface area (Å²) in [5.74, 6) is -0.208. The predicted octanol–water partition coefficient (Wildman–Crippen LogP) is 2.96. The minimum atomic E-state index is -3.36.